The van der Waals surface area contributed by atoms with Crippen LogP contribution in [0.4, 0.5) is 0 Å². The van der Waals surface area contributed by atoms with Crippen molar-refractivity contribution >= 4 is 65.0 Å². The number of furan rings is 1. The summed E-state index contributed by atoms with van der Waals surface area (Å²) < 4.78 is 6.99. The lowest BCUT2D eigenvalue weighted by Crippen LogP contribution is -2.00. The summed E-state index contributed by atoms with van der Waals surface area (Å²) >= 11 is 0. The third-order valence-electron chi connectivity index (χ3n) is 10.5. The highest BCUT2D eigenvalue weighted by Gasteiger charge is 2.22. The first kappa shape index (κ1) is 29.5. The zero-order chi connectivity index (χ0) is 34.9. The molecule has 4 nitrogen and oxygen atoms in total. The average Bonchev–Trinajstić information content (AvgIpc) is 3.63. The predicted molar refractivity (Wildman–Crippen MR) is 219 cm³/mol. The minimum absolute atomic E-state index is 0.600. The number of hydrogen-bond donors (Lipinski definition) is 0. The Hall–Kier alpha value is -7.17. The molecule has 0 bridgehead atoms. The maximum Gasteiger partial charge on any atom is 0.164 e. The summed E-state index contributed by atoms with van der Waals surface area (Å²) in [6.45, 7) is 0. The predicted octanol–water partition coefficient (Wildman–Crippen LogP) is 13.1. The molecule has 0 N–H and O–H groups in total. The van der Waals surface area contributed by atoms with Crippen molar-refractivity contribution in [3.05, 3.63) is 176 Å². The van der Waals surface area contributed by atoms with Crippen molar-refractivity contribution in [2.24, 2.45) is 0 Å². The van der Waals surface area contributed by atoms with Gasteiger partial charge in [-0.05, 0) is 55.6 Å². The maximum atomic E-state index is 6.99. The minimum Gasteiger partial charge on any atom is -0.455 e. The number of rotatable bonds is 4. The van der Waals surface area contributed by atoms with Crippen LogP contribution in [-0.2, 0) is 0 Å². The Morgan fingerprint density at radius 1 is 0.302 bits per heavy atom. The molecule has 0 aliphatic heterocycles. The molecule has 0 aliphatic rings. The summed E-state index contributed by atoms with van der Waals surface area (Å²) in [5.74, 6) is 1.83. The maximum absolute atomic E-state index is 6.99. The third-order valence-corrected chi connectivity index (χ3v) is 10.5. The Bertz CT molecular complexity index is 3210. The van der Waals surface area contributed by atoms with E-state index in [2.05, 4.69) is 146 Å². The van der Waals surface area contributed by atoms with Crippen molar-refractivity contribution in [3.63, 3.8) is 0 Å². The molecule has 53 heavy (non-hydrogen) atoms. The van der Waals surface area contributed by atoms with E-state index in [1.807, 2.05) is 30.3 Å². The van der Waals surface area contributed by atoms with E-state index >= 15 is 0 Å². The molecule has 0 fully saturated rings. The average molecular weight is 676 g/mol. The van der Waals surface area contributed by atoms with Crippen molar-refractivity contribution in [2.75, 3.05) is 0 Å². The summed E-state index contributed by atoms with van der Waals surface area (Å²) in [6, 6.07) is 61.5. The standard InChI is InChI=1S/C49H29N3O/c1-2-14-34(15-3-1)47-50-48(35-24-21-33(22-25-35)38-20-10-16-30-11-4-7-17-37(30)38)52-49(51-47)42-29-36-26-23-31-12-5-8-18-39(31)43(36)46-44(42)41-28-27-32-13-6-9-19-40(32)45(41)53-46/h1-29H. The van der Waals surface area contributed by atoms with Gasteiger partial charge in [0.05, 0.1) is 0 Å². The molecule has 4 heteroatoms. The molecular weight excluding hydrogens is 647 g/mol. The Labute approximate surface area is 304 Å². The topological polar surface area (TPSA) is 51.8 Å². The summed E-state index contributed by atoms with van der Waals surface area (Å²) in [7, 11) is 0. The number of benzene rings is 9. The van der Waals surface area contributed by atoms with Crippen LogP contribution in [0.3, 0.4) is 0 Å². The van der Waals surface area contributed by atoms with Gasteiger partial charge in [0.15, 0.2) is 17.5 Å². The van der Waals surface area contributed by atoms with Gasteiger partial charge in [0.2, 0.25) is 0 Å². The lowest BCUT2D eigenvalue weighted by atomic mass is 9.95. The van der Waals surface area contributed by atoms with Gasteiger partial charge in [-0.1, -0.05) is 164 Å². The lowest BCUT2D eigenvalue weighted by molar-refractivity contribution is 0.677. The number of fused-ring (bicyclic) bond motifs is 10. The molecule has 0 saturated carbocycles. The van der Waals surface area contributed by atoms with Gasteiger partial charge >= 0.3 is 0 Å². The second-order valence-corrected chi connectivity index (χ2v) is 13.6. The first-order valence-electron chi connectivity index (χ1n) is 17.9. The second-order valence-electron chi connectivity index (χ2n) is 13.6. The lowest BCUT2D eigenvalue weighted by Gasteiger charge is -2.12. The van der Waals surface area contributed by atoms with E-state index in [0.29, 0.717) is 17.5 Å². The highest BCUT2D eigenvalue weighted by atomic mass is 16.3. The van der Waals surface area contributed by atoms with E-state index in [-0.39, 0.29) is 0 Å². The minimum atomic E-state index is 0.600. The molecule has 2 aromatic heterocycles. The van der Waals surface area contributed by atoms with Crippen LogP contribution in [0, 0.1) is 0 Å². The van der Waals surface area contributed by atoms with Crippen LogP contribution in [0.5, 0.6) is 0 Å². The molecule has 11 rings (SSSR count). The molecule has 0 atom stereocenters. The fraction of sp³-hybridized carbons (Fsp3) is 0. The quantitative estimate of drug-likeness (QED) is 0.174. The summed E-state index contributed by atoms with van der Waals surface area (Å²) in [5, 5.41) is 11.2. The first-order chi connectivity index (χ1) is 26.3. The highest BCUT2D eigenvalue weighted by molar-refractivity contribution is 6.28. The third kappa shape index (κ3) is 4.73. The summed E-state index contributed by atoms with van der Waals surface area (Å²) in [6.07, 6.45) is 0. The largest absolute Gasteiger partial charge is 0.455 e. The molecule has 0 aliphatic carbocycles. The van der Waals surface area contributed by atoms with Gasteiger partial charge in [0.25, 0.3) is 0 Å². The van der Waals surface area contributed by atoms with Gasteiger partial charge in [-0.15, -0.1) is 0 Å². The molecule has 0 amide bonds. The van der Waals surface area contributed by atoms with E-state index in [1.54, 1.807) is 0 Å². The van der Waals surface area contributed by atoms with Crippen LogP contribution in [0.1, 0.15) is 0 Å². The molecule has 246 valence electrons. The van der Waals surface area contributed by atoms with Gasteiger partial charge in [-0.25, -0.2) is 15.0 Å². The van der Waals surface area contributed by atoms with Crippen molar-refractivity contribution < 1.29 is 4.42 Å². The fourth-order valence-electron chi connectivity index (χ4n) is 7.95. The smallest absolute Gasteiger partial charge is 0.164 e. The monoisotopic (exact) mass is 675 g/mol. The zero-order valence-corrected chi connectivity index (χ0v) is 28.5. The number of hydrogen-bond acceptors (Lipinski definition) is 4. The Morgan fingerprint density at radius 2 is 0.849 bits per heavy atom. The Balaban J connectivity index is 1.18. The Kier molecular flexibility index (Phi) is 6.52. The molecule has 0 saturated heterocycles. The molecule has 0 radical (unpaired) electrons. The van der Waals surface area contributed by atoms with E-state index < -0.39 is 0 Å². The van der Waals surface area contributed by atoms with Gasteiger partial charge in [0, 0.05) is 38.2 Å². The highest BCUT2D eigenvalue weighted by Crippen LogP contribution is 2.45. The molecule has 9 aromatic carbocycles. The summed E-state index contributed by atoms with van der Waals surface area (Å²) in [4.78, 5) is 15.5. The van der Waals surface area contributed by atoms with Crippen LogP contribution >= 0.6 is 0 Å². The number of aromatic nitrogens is 3. The van der Waals surface area contributed by atoms with E-state index in [1.165, 1.54) is 21.7 Å². The van der Waals surface area contributed by atoms with Crippen LogP contribution in [0.2, 0.25) is 0 Å². The van der Waals surface area contributed by atoms with E-state index in [4.69, 9.17) is 19.4 Å². The first-order valence-corrected chi connectivity index (χ1v) is 17.9. The normalized spacial score (nSPS) is 11.8. The molecule has 2 heterocycles. The second kappa shape index (κ2) is 11.7. The zero-order valence-electron chi connectivity index (χ0n) is 28.5. The number of nitrogens with zero attached hydrogens (tertiary/aromatic N) is 3. The van der Waals surface area contributed by atoms with Gasteiger partial charge in [-0.3, -0.25) is 0 Å². The van der Waals surface area contributed by atoms with Gasteiger partial charge in [-0.2, -0.15) is 0 Å². The molecular formula is C49H29N3O. The van der Waals surface area contributed by atoms with Crippen molar-refractivity contribution in [1.82, 2.24) is 15.0 Å². The summed E-state index contributed by atoms with van der Waals surface area (Å²) in [5.41, 5.74) is 6.79. The van der Waals surface area contributed by atoms with Crippen molar-refractivity contribution in [3.8, 4) is 45.3 Å². The van der Waals surface area contributed by atoms with Gasteiger partial charge in [0.1, 0.15) is 11.2 Å². The van der Waals surface area contributed by atoms with Crippen LogP contribution in [-0.4, -0.2) is 15.0 Å². The SMILES string of the molecule is c1ccc(-c2nc(-c3ccc(-c4cccc5ccccc45)cc3)nc(-c3cc4ccc5ccccc5c4c4oc5c6ccccc6ccc5c34)n2)cc1. The van der Waals surface area contributed by atoms with Crippen molar-refractivity contribution in [1.29, 1.82) is 0 Å². The van der Waals surface area contributed by atoms with Crippen molar-refractivity contribution in [2.45, 2.75) is 0 Å². The van der Waals surface area contributed by atoms with E-state index in [0.717, 1.165) is 71.1 Å². The molecule has 0 spiro atoms. The fourth-order valence-corrected chi connectivity index (χ4v) is 7.95. The van der Waals surface area contributed by atoms with Gasteiger partial charge < -0.3 is 4.42 Å². The van der Waals surface area contributed by atoms with Crippen LogP contribution < -0.4 is 0 Å². The molecule has 0 unspecified atom stereocenters. The van der Waals surface area contributed by atoms with E-state index in [9.17, 15) is 0 Å². The van der Waals surface area contributed by atoms with Crippen LogP contribution in [0.25, 0.3) is 110 Å². The Morgan fingerprint density at radius 3 is 1.62 bits per heavy atom. The molecule has 11 aromatic rings. The van der Waals surface area contributed by atoms with Crippen LogP contribution in [0.15, 0.2) is 180 Å².